The van der Waals surface area contributed by atoms with Crippen LogP contribution in [0.15, 0.2) is 0 Å². The van der Waals surface area contributed by atoms with Gasteiger partial charge in [0.2, 0.25) is 0 Å². The van der Waals surface area contributed by atoms with Gasteiger partial charge in [-0.1, -0.05) is 19.3 Å². The lowest BCUT2D eigenvalue weighted by molar-refractivity contribution is -0.159. The Labute approximate surface area is 78.5 Å². The molecule has 1 aliphatic carbocycles. The first-order valence-electron chi connectivity index (χ1n) is 4.73. The number of hydrogen-bond donors (Lipinski definition) is 0. The van der Waals surface area contributed by atoms with E-state index in [1.54, 1.807) is 0 Å². The molecule has 0 unspecified atom stereocenters. The van der Waals surface area contributed by atoms with Crippen molar-refractivity contribution in [3.05, 3.63) is 0 Å². The van der Waals surface area contributed by atoms with Crippen molar-refractivity contribution in [1.82, 2.24) is 0 Å². The lowest BCUT2D eigenvalue weighted by Gasteiger charge is -2.31. The number of esters is 1. The van der Waals surface area contributed by atoms with Crippen molar-refractivity contribution >= 4 is 11.8 Å². The first-order valence-corrected chi connectivity index (χ1v) is 4.73. The number of methoxy groups -OCH3 is 1. The molecule has 1 saturated carbocycles. The number of ether oxygens (including phenoxy) is 1. The molecule has 0 heterocycles. The summed E-state index contributed by atoms with van der Waals surface area (Å²) in [5.41, 5.74) is -0.812. The van der Waals surface area contributed by atoms with Crippen LogP contribution < -0.4 is 0 Å². The molecular formula is C10H16O3. The normalized spacial score (nSPS) is 20.8. The van der Waals surface area contributed by atoms with Gasteiger partial charge in [0.05, 0.1) is 7.11 Å². The van der Waals surface area contributed by atoms with Crippen molar-refractivity contribution in [3.63, 3.8) is 0 Å². The highest BCUT2D eigenvalue weighted by atomic mass is 16.5. The Morgan fingerprint density at radius 2 is 1.69 bits per heavy atom. The van der Waals surface area contributed by atoms with E-state index in [1.807, 2.05) is 0 Å². The number of rotatable bonds is 2. The first kappa shape index (κ1) is 10.2. The Bertz CT molecular complexity index is 214. The summed E-state index contributed by atoms with van der Waals surface area (Å²) in [6.07, 6.45) is 4.35. The molecule has 0 bridgehead atoms. The van der Waals surface area contributed by atoms with Gasteiger partial charge in [0, 0.05) is 0 Å². The molecular weight excluding hydrogens is 168 g/mol. The zero-order valence-corrected chi connectivity index (χ0v) is 8.26. The molecule has 0 spiro atoms. The zero-order valence-electron chi connectivity index (χ0n) is 8.26. The number of carbonyl (C=O) groups is 2. The molecule has 0 aromatic rings. The minimum absolute atomic E-state index is 0.0425. The third kappa shape index (κ3) is 1.74. The second-order valence-electron chi connectivity index (χ2n) is 3.69. The van der Waals surface area contributed by atoms with Crippen LogP contribution in [-0.2, 0) is 14.3 Å². The van der Waals surface area contributed by atoms with E-state index in [0.717, 1.165) is 19.3 Å². The molecule has 1 aliphatic rings. The van der Waals surface area contributed by atoms with Crippen LogP contribution in [0.5, 0.6) is 0 Å². The highest BCUT2D eigenvalue weighted by Gasteiger charge is 2.44. The summed E-state index contributed by atoms with van der Waals surface area (Å²) in [5, 5.41) is 0. The van der Waals surface area contributed by atoms with Crippen LogP contribution in [0.1, 0.15) is 39.0 Å². The summed E-state index contributed by atoms with van der Waals surface area (Å²) < 4.78 is 4.69. The van der Waals surface area contributed by atoms with Crippen LogP contribution in [0.2, 0.25) is 0 Å². The van der Waals surface area contributed by atoms with Crippen molar-refractivity contribution in [2.75, 3.05) is 7.11 Å². The van der Waals surface area contributed by atoms with Crippen LogP contribution >= 0.6 is 0 Å². The second-order valence-corrected chi connectivity index (χ2v) is 3.69. The smallest absolute Gasteiger partial charge is 0.319 e. The van der Waals surface area contributed by atoms with Gasteiger partial charge in [-0.2, -0.15) is 0 Å². The zero-order chi connectivity index (χ0) is 9.90. The Morgan fingerprint density at radius 3 is 2.08 bits per heavy atom. The Kier molecular flexibility index (Phi) is 3.07. The monoisotopic (exact) mass is 184 g/mol. The van der Waals surface area contributed by atoms with Gasteiger partial charge < -0.3 is 4.74 Å². The molecule has 3 nitrogen and oxygen atoms in total. The Morgan fingerprint density at radius 1 is 1.15 bits per heavy atom. The van der Waals surface area contributed by atoms with Crippen molar-refractivity contribution in [2.45, 2.75) is 39.0 Å². The maximum absolute atomic E-state index is 11.5. The fourth-order valence-corrected chi connectivity index (χ4v) is 2.05. The second kappa shape index (κ2) is 3.90. The molecule has 13 heavy (non-hydrogen) atoms. The van der Waals surface area contributed by atoms with E-state index in [1.165, 1.54) is 14.0 Å². The molecule has 1 rings (SSSR count). The van der Waals surface area contributed by atoms with E-state index >= 15 is 0 Å². The highest BCUT2D eigenvalue weighted by Crippen LogP contribution is 2.38. The summed E-state index contributed by atoms with van der Waals surface area (Å²) in [7, 11) is 1.35. The van der Waals surface area contributed by atoms with Gasteiger partial charge in [0.25, 0.3) is 0 Å². The molecule has 0 aromatic heterocycles. The molecule has 0 aliphatic heterocycles. The quantitative estimate of drug-likeness (QED) is 0.484. The van der Waals surface area contributed by atoms with Gasteiger partial charge in [-0.25, -0.2) is 0 Å². The maximum atomic E-state index is 11.5. The van der Waals surface area contributed by atoms with Crippen molar-refractivity contribution in [3.8, 4) is 0 Å². The number of Topliss-reactive ketones (excluding diaryl/α,β-unsaturated/α-hetero) is 1. The van der Waals surface area contributed by atoms with Gasteiger partial charge in [-0.3, -0.25) is 9.59 Å². The molecule has 1 fully saturated rings. The molecule has 0 N–H and O–H groups in total. The SMILES string of the molecule is COC(=O)C1(C(C)=O)CCCCC1. The summed E-state index contributed by atoms with van der Waals surface area (Å²) in [6.45, 7) is 1.49. The highest BCUT2D eigenvalue weighted by molar-refractivity contribution is 6.02. The Balaban J connectivity index is 2.85. The first-order chi connectivity index (χ1) is 6.13. The van der Waals surface area contributed by atoms with Crippen LogP contribution in [-0.4, -0.2) is 18.9 Å². The largest absolute Gasteiger partial charge is 0.468 e. The standard InChI is InChI=1S/C10H16O3/c1-8(11)10(9(12)13-2)6-4-3-5-7-10/h3-7H2,1-2H3. The molecule has 74 valence electrons. The van der Waals surface area contributed by atoms with Crippen LogP contribution in [0.4, 0.5) is 0 Å². The minimum Gasteiger partial charge on any atom is -0.468 e. The topological polar surface area (TPSA) is 43.4 Å². The molecule has 0 amide bonds. The predicted molar refractivity (Wildman–Crippen MR) is 48.2 cm³/mol. The molecule has 3 heteroatoms. The summed E-state index contributed by atoms with van der Waals surface area (Å²) in [6, 6.07) is 0. The van der Waals surface area contributed by atoms with Crippen LogP contribution in [0.25, 0.3) is 0 Å². The third-order valence-corrected chi connectivity index (χ3v) is 2.96. The van der Waals surface area contributed by atoms with E-state index in [0.29, 0.717) is 12.8 Å². The van der Waals surface area contributed by atoms with Gasteiger partial charge in [0.1, 0.15) is 11.2 Å². The summed E-state index contributed by atoms with van der Waals surface area (Å²) in [4.78, 5) is 22.9. The third-order valence-electron chi connectivity index (χ3n) is 2.96. The van der Waals surface area contributed by atoms with Gasteiger partial charge in [-0.05, 0) is 19.8 Å². The average molecular weight is 184 g/mol. The molecule has 0 radical (unpaired) electrons. The van der Waals surface area contributed by atoms with Crippen molar-refractivity contribution in [2.24, 2.45) is 5.41 Å². The molecule has 0 saturated heterocycles. The number of carbonyl (C=O) groups excluding carboxylic acids is 2. The van der Waals surface area contributed by atoms with E-state index < -0.39 is 5.41 Å². The van der Waals surface area contributed by atoms with E-state index in [-0.39, 0.29) is 11.8 Å². The van der Waals surface area contributed by atoms with E-state index in [9.17, 15) is 9.59 Å². The number of hydrogen-bond acceptors (Lipinski definition) is 3. The van der Waals surface area contributed by atoms with Crippen LogP contribution in [0.3, 0.4) is 0 Å². The minimum atomic E-state index is -0.812. The summed E-state index contributed by atoms with van der Waals surface area (Å²) in [5.74, 6) is -0.390. The predicted octanol–water partition coefficient (Wildman–Crippen LogP) is 1.70. The van der Waals surface area contributed by atoms with Crippen molar-refractivity contribution in [1.29, 1.82) is 0 Å². The summed E-state index contributed by atoms with van der Waals surface area (Å²) >= 11 is 0. The van der Waals surface area contributed by atoms with E-state index in [4.69, 9.17) is 4.74 Å². The van der Waals surface area contributed by atoms with Crippen molar-refractivity contribution < 1.29 is 14.3 Å². The Hall–Kier alpha value is -0.860. The van der Waals surface area contributed by atoms with Gasteiger partial charge in [0.15, 0.2) is 0 Å². The lowest BCUT2D eigenvalue weighted by atomic mass is 9.71. The van der Waals surface area contributed by atoms with Crippen LogP contribution in [0, 0.1) is 5.41 Å². The average Bonchev–Trinajstić information content (AvgIpc) is 2.17. The molecule has 0 aromatic carbocycles. The fourth-order valence-electron chi connectivity index (χ4n) is 2.05. The van der Waals surface area contributed by atoms with Gasteiger partial charge in [-0.15, -0.1) is 0 Å². The van der Waals surface area contributed by atoms with E-state index in [2.05, 4.69) is 0 Å². The fraction of sp³-hybridized carbons (Fsp3) is 0.800. The molecule has 0 atom stereocenters. The lowest BCUT2D eigenvalue weighted by Crippen LogP contribution is -2.40. The maximum Gasteiger partial charge on any atom is 0.319 e. The number of ketones is 1. The van der Waals surface area contributed by atoms with Gasteiger partial charge >= 0.3 is 5.97 Å².